The van der Waals surface area contributed by atoms with Crippen molar-refractivity contribution >= 4 is 11.7 Å². The van der Waals surface area contributed by atoms with Gasteiger partial charge in [0.25, 0.3) is 5.78 Å². The van der Waals surface area contributed by atoms with Gasteiger partial charge in [-0.1, -0.05) is 0 Å². The summed E-state index contributed by atoms with van der Waals surface area (Å²) in [6.45, 7) is 3.95. The molecule has 2 aromatic heterocycles. The molecule has 1 saturated heterocycles. The normalized spacial score (nSPS) is 23.8. The van der Waals surface area contributed by atoms with Crippen LogP contribution < -0.4 is 5.32 Å². The molecule has 136 valence electrons. The molecule has 9 nitrogen and oxygen atoms in total. The Morgan fingerprint density at radius 2 is 2.28 bits per heavy atom. The minimum Gasteiger partial charge on any atom is -0.394 e. The molecule has 3 atom stereocenters. The molecular formula is C16H23N5O4. The lowest BCUT2D eigenvalue weighted by Gasteiger charge is -2.34. The number of hydrogen-bond acceptors (Lipinski definition) is 7. The molecule has 9 heteroatoms. The zero-order valence-corrected chi connectivity index (χ0v) is 14.3. The third kappa shape index (κ3) is 3.63. The van der Waals surface area contributed by atoms with Crippen LogP contribution in [0.15, 0.2) is 6.33 Å². The summed E-state index contributed by atoms with van der Waals surface area (Å²) in [5, 5.41) is 26.3. The van der Waals surface area contributed by atoms with Crippen LogP contribution in [0.1, 0.15) is 29.8 Å². The standard InChI is InChI=1S/C16H23N5O4/c1-9-11(10(2)21-16(19-9)17-8-18-21)3-4-14(23)20-12-5-6-25-13(7-22)15(12)24/h8,12-13,15,22,24H,3-7H2,1-2H3,(H,20,23)/t12-,13+,15-/m0/s1. The van der Waals surface area contributed by atoms with Crippen LogP contribution >= 0.6 is 0 Å². The van der Waals surface area contributed by atoms with E-state index < -0.39 is 18.2 Å². The van der Waals surface area contributed by atoms with Gasteiger partial charge in [0.05, 0.1) is 12.6 Å². The van der Waals surface area contributed by atoms with Gasteiger partial charge in [0, 0.05) is 24.4 Å². The van der Waals surface area contributed by atoms with Crippen LogP contribution in [-0.2, 0) is 16.0 Å². The molecular weight excluding hydrogens is 326 g/mol. The summed E-state index contributed by atoms with van der Waals surface area (Å²) in [6, 6.07) is -0.406. The van der Waals surface area contributed by atoms with Crippen molar-refractivity contribution in [3.8, 4) is 0 Å². The van der Waals surface area contributed by atoms with E-state index >= 15 is 0 Å². The Labute approximate surface area is 145 Å². The molecule has 2 aromatic rings. The molecule has 1 amide bonds. The third-order valence-corrected chi connectivity index (χ3v) is 4.67. The molecule has 0 radical (unpaired) electrons. The quantitative estimate of drug-likeness (QED) is 0.652. The fourth-order valence-corrected chi connectivity index (χ4v) is 3.23. The zero-order valence-electron chi connectivity index (χ0n) is 14.3. The van der Waals surface area contributed by atoms with Crippen LogP contribution in [0.2, 0.25) is 0 Å². The molecule has 0 aromatic carbocycles. The summed E-state index contributed by atoms with van der Waals surface area (Å²) in [4.78, 5) is 20.8. The van der Waals surface area contributed by atoms with E-state index in [1.165, 1.54) is 6.33 Å². The van der Waals surface area contributed by atoms with Gasteiger partial charge < -0.3 is 20.3 Å². The monoisotopic (exact) mass is 349 g/mol. The van der Waals surface area contributed by atoms with Gasteiger partial charge in [-0.05, 0) is 32.3 Å². The lowest BCUT2D eigenvalue weighted by Crippen LogP contribution is -2.54. The second kappa shape index (κ2) is 7.42. The summed E-state index contributed by atoms with van der Waals surface area (Å²) in [5.41, 5.74) is 2.71. The highest BCUT2D eigenvalue weighted by molar-refractivity contribution is 5.76. The fourth-order valence-electron chi connectivity index (χ4n) is 3.23. The van der Waals surface area contributed by atoms with Gasteiger partial charge in [-0.2, -0.15) is 10.1 Å². The fraction of sp³-hybridized carbons (Fsp3) is 0.625. The number of ether oxygens (including phenoxy) is 1. The molecule has 0 spiro atoms. The number of amides is 1. The molecule has 3 rings (SSSR count). The third-order valence-electron chi connectivity index (χ3n) is 4.67. The van der Waals surface area contributed by atoms with Gasteiger partial charge >= 0.3 is 0 Å². The van der Waals surface area contributed by atoms with Crippen LogP contribution in [-0.4, -0.2) is 67.2 Å². The Morgan fingerprint density at radius 3 is 3.04 bits per heavy atom. The van der Waals surface area contributed by atoms with Crippen molar-refractivity contribution in [1.82, 2.24) is 24.9 Å². The highest BCUT2D eigenvalue weighted by Gasteiger charge is 2.33. The first-order valence-corrected chi connectivity index (χ1v) is 8.37. The Balaban J connectivity index is 1.63. The Hall–Kier alpha value is -2.10. The molecule has 0 aliphatic carbocycles. The van der Waals surface area contributed by atoms with Crippen LogP contribution in [0.4, 0.5) is 0 Å². The maximum absolute atomic E-state index is 12.3. The number of aliphatic hydroxyl groups is 2. The number of nitrogens with one attached hydrogen (secondary N) is 1. The largest absolute Gasteiger partial charge is 0.394 e. The summed E-state index contributed by atoms with van der Waals surface area (Å²) >= 11 is 0. The van der Waals surface area contributed by atoms with E-state index in [1.807, 2.05) is 13.8 Å². The molecule has 1 fully saturated rings. The highest BCUT2D eigenvalue weighted by atomic mass is 16.5. The van der Waals surface area contributed by atoms with Crippen molar-refractivity contribution in [2.75, 3.05) is 13.2 Å². The van der Waals surface area contributed by atoms with Gasteiger partial charge in [0.15, 0.2) is 0 Å². The van der Waals surface area contributed by atoms with Crippen molar-refractivity contribution in [3.05, 3.63) is 23.3 Å². The Morgan fingerprint density at radius 1 is 1.48 bits per heavy atom. The average molecular weight is 349 g/mol. The minimum absolute atomic E-state index is 0.153. The highest BCUT2D eigenvalue weighted by Crippen LogP contribution is 2.17. The van der Waals surface area contributed by atoms with E-state index in [-0.39, 0.29) is 18.9 Å². The number of fused-ring (bicyclic) bond motifs is 1. The smallest absolute Gasteiger partial charge is 0.252 e. The molecule has 25 heavy (non-hydrogen) atoms. The second-order valence-corrected chi connectivity index (χ2v) is 6.28. The van der Waals surface area contributed by atoms with E-state index in [2.05, 4.69) is 20.4 Å². The molecule has 3 heterocycles. The van der Waals surface area contributed by atoms with Gasteiger partial charge in [0.1, 0.15) is 18.5 Å². The van der Waals surface area contributed by atoms with Crippen molar-refractivity contribution in [1.29, 1.82) is 0 Å². The maximum atomic E-state index is 12.3. The van der Waals surface area contributed by atoms with Crippen LogP contribution in [0.25, 0.3) is 5.78 Å². The first-order chi connectivity index (χ1) is 12.0. The molecule has 0 unspecified atom stereocenters. The van der Waals surface area contributed by atoms with Crippen LogP contribution in [0, 0.1) is 13.8 Å². The molecule has 0 saturated carbocycles. The Kier molecular flexibility index (Phi) is 5.26. The number of carbonyl (C=O) groups excluding carboxylic acids is 1. The number of aliphatic hydroxyl groups excluding tert-OH is 2. The number of carbonyl (C=O) groups is 1. The maximum Gasteiger partial charge on any atom is 0.252 e. The van der Waals surface area contributed by atoms with Gasteiger partial charge in [0.2, 0.25) is 5.91 Å². The SMILES string of the molecule is Cc1nc2ncnn2c(C)c1CCC(=O)N[C@H]1CCO[C@H](CO)[C@H]1O. The second-order valence-electron chi connectivity index (χ2n) is 6.28. The summed E-state index contributed by atoms with van der Waals surface area (Å²) in [7, 11) is 0. The lowest BCUT2D eigenvalue weighted by atomic mass is 9.99. The number of hydrogen-bond donors (Lipinski definition) is 3. The van der Waals surface area contributed by atoms with Gasteiger partial charge in [-0.3, -0.25) is 4.79 Å². The zero-order chi connectivity index (χ0) is 18.0. The van der Waals surface area contributed by atoms with E-state index in [0.717, 1.165) is 17.0 Å². The van der Waals surface area contributed by atoms with Crippen LogP contribution in [0.3, 0.4) is 0 Å². The van der Waals surface area contributed by atoms with Gasteiger partial charge in [-0.25, -0.2) is 9.50 Å². The number of aryl methyl sites for hydroxylation is 2. The van der Waals surface area contributed by atoms with E-state index in [9.17, 15) is 15.0 Å². The van der Waals surface area contributed by atoms with Crippen LogP contribution in [0.5, 0.6) is 0 Å². The lowest BCUT2D eigenvalue weighted by molar-refractivity contribution is -0.131. The number of nitrogens with zero attached hydrogens (tertiary/aromatic N) is 4. The first-order valence-electron chi connectivity index (χ1n) is 8.37. The van der Waals surface area contributed by atoms with E-state index in [4.69, 9.17) is 4.74 Å². The first kappa shape index (κ1) is 17.7. The minimum atomic E-state index is -0.903. The van der Waals surface area contributed by atoms with Crippen molar-refractivity contribution in [2.24, 2.45) is 0 Å². The summed E-state index contributed by atoms with van der Waals surface area (Å²) in [6.07, 6.45) is 1.22. The predicted octanol–water partition coefficient (Wildman–Crippen LogP) is -0.699. The van der Waals surface area contributed by atoms with E-state index in [1.54, 1.807) is 4.52 Å². The van der Waals surface area contributed by atoms with E-state index in [0.29, 0.717) is 25.2 Å². The number of aromatic nitrogens is 4. The van der Waals surface area contributed by atoms with Crippen molar-refractivity contribution in [3.63, 3.8) is 0 Å². The molecule has 3 N–H and O–H groups in total. The average Bonchev–Trinajstić information content (AvgIpc) is 3.05. The van der Waals surface area contributed by atoms with Crippen molar-refractivity contribution < 1.29 is 19.7 Å². The van der Waals surface area contributed by atoms with Crippen molar-refractivity contribution in [2.45, 2.75) is 51.4 Å². The molecule has 1 aliphatic heterocycles. The topological polar surface area (TPSA) is 122 Å². The van der Waals surface area contributed by atoms with Gasteiger partial charge in [-0.15, -0.1) is 0 Å². The number of rotatable bonds is 5. The summed E-state index contributed by atoms with van der Waals surface area (Å²) < 4.78 is 6.93. The molecule has 0 bridgehead atoms. The Bertz CT molecular complexity index is 762. The predicted molar refractivity (Wildman–Crippen MR) is 88.0 cm³/mol. The summed E-state index contributed by atoms with van der Waals surface area (Å²) in [5.74, 6) is 0.392. The molecule has 1 aliphatic rings.